The zero-order valence-electron chi connectivity index (χ0n) is 10.9. The lowest BCUT2D eigenvalue weighted by molar-refractivity contribution is 0.0370. The quantitative estimate of drug-likeness (QED) is 0.797. The van der Waals surface area contributed by atoms with Crippen molar-refractivity contribution in [1.29, 1.82) is 0 Å². The Balaban J connectivity index is 2.32. The highest BCUT2D eigenvalue weighted by molar-refractivity contribution is 5.88. The molecule has 0 spiro atoms. The number of hydrogen-bond acceptors (Lipinski definition) is 4. The first-order chi connectivity index (χ1) is 8.99. The van der Waals surface area contributed by atoms with E-state index in [1.807, 2.05) is 0 Å². The number of carbonyl (C=O) groups is 1. The maximum atomic E-state index is 12.9. The van der Waals surface area contributed by atoms with Crippen molar-refractivity contribution in [3.05, 3.63) is 41.5 Å². The smallest absolute Gasteiger partial charge is 0.361 e. The van der Waals surface area contributed by atoms with Crippen molar-refractivity contribution in [1.82, 2.24) is 15.0 Å². The lowest BCUT2D eigenvalue weighted by Crippen LogP contribution is -2.13. The summed E-state index contributed by atoms with van der Waals surface area (Å²) in [5.74, 6) is -0.846. The largest absolute Gasteiger partial charge is 0.458 e. The third-order valence-electron chi connectivity index (χ3n) is 2.50. The molecule has 0 saturated heterocycles. The lowest BCUT2D eigenvalue weighted by Gasteiger charge is -2.06. The molecule has 1 aromatic heterocycles. The number of benzene rings is 1. The molecule has 0 radical (unpaired) electrons. The normalized spacial score (nSPS) is 10.8. The Morgan fingerprint density at radius 2 is 1.95 bits per heavy atom. The van der Waals surface area contributed by atoms with Crippen LogP contribution in [0.4, 0.5) is 4.39 Å². The third-order valence-corrected chi connectivity index (χ3v) is 2.50. The second-order valence-corrected chi connectivity index (χ2v) is 4.37. The Hall–Kier alpha value is -2.24. The summed E-state index contributed by atoms with van der Waals surface area (Å²) in [7, 11) is 0. The van der Waals surface area contributed by atoms with Crippen molar-refractivity contribution in [2.75, 3.05) is 0 Å². The molecule has 19 heavy (non-hydrogen) atoms. The van der Waals surface area contributed by atoms with Gasteiger partial charge in [-0.05, 0) is 45.0 Å². The van der Waals surface area contributed by atoms with Crippen LogP contribution in [0.25, 0.3) is 5.69 Å². The summed E-state index contributed by atoms with van der Waals surface area (Å²) in [6.45, 7) is 5.23. The number of halogens is 1. The van der Waals surface area contributed by atoms with Crippen LogP contribution in [0, 0.1) is 12.7 Å². The molecule has 6 heteroatoms. The Morgan fingerprint density at radius 1 is 1.32 bits per heavy atom. The van der Waals surface area contributed by atoms with E-state index in [9.17, 15) is 9.18 Å². The van der Waals surface area contributed by atoms with Crippen molar-refractivity contribution in [3.63, 3.8) is 0 Å². The standard InChI is InChI=1S/C13H14FN3O2/c1-8(2)19-13(18)12-9(3)17(16-15-12)11-6-4-10(14)5-7-11/h4-8H,1-3H3. The van der Waals surface area contributed by atoms with Gasteiger partial charge in [0.1, 0.15) is 5.82 Å². The van der Waals surface area contributed by atoms with E-state index in [1.165, 1.54) is 16.8 Å². The minimum Gasteiger partial charge on any atom is -0.458 e. The van der Waals surface area contributed by atoms with Crippen molar-refractivity contribution in [2.45, 2.75) is 26.9 Å². The average Bonchev–Trinajstić information content (AvgIpc) is 2.71. The number of nitrogens with zero attached hydrogens (tertiary/aromatic N) is 3. The molecule has 0 amide bonds. The highest BCUT2D eigenvalue weighted by atomic mass is 19.1. The maximum absolute atomic E-state index is 12.9. The van der Waals surface area contributed by atoms with Crippen LogP contribution in [0.3, 0.4) is 0 Å². The van der Waals surface area contributed by atoms with E-state index in [0.29, 0.717) is 11.4 Å². The molecule has 1 aromatic carbocycles. The van der Waals surface area contributed by atoms with Crippen molar-refractivity contribution < 1.29 is 13.9 Å². The third kappa shape index (κ3) is 2.78. The van der Waals surface area contributed by atoms with Gasteiger partial charge in [0.2, 0.25) is 0 Å². The molecule has 0 aliphatic heterocycles. The van der Waals surface area contributed by atoms with E-state index >= 15 is 0 Å². The van der Waals surface area contributed by atoms with Gasteiger partial charge in [0, 0.05) is 0 Å². The van der Waals surface area contributed by atoms with Crippen LogP contribution in [0.1, 0.15) is 30.0 Å². The van der Waals surface area contributed by atoms with Gasteiger partial charge in [0.25, 0.3) is 0 Å². The minimum absolute atomic E-state index is 0.165. The van der Waals surface area contributed by atoms with Gasteiger partial charge in [-0.3, -0.25) is 0 Å². The first-order valence-electron chi connectivity index (χ1n) is 5.88. The van der Waals surface area contributed by atoms with Crippen LogP contribution in [-0.4, -0.2) is 27.1 Å². The fourth-order valence-electron chi connectivity index (χ4n) is 1.62. The van der Waals surface area contributed by atoms with Crippen LogP contribution in [0.15, 0.2) is 24.3 Å². The highest BCUT2D eigenvalue weighted by Crippen LogP contribution is 2.14. The fourth-order valence-corrected chi connectivity index (χ4v) is 1.62. The second-order valence-electron chi connectivity index (χ2n) is 4.37. The van der Waals surface area contributed by atoms with Crippen molar-refractivity contribution in [2.24, 2.45) is 0 Å². The van der Waals surface area contributed by atoms with E-state index in [1.54, 1.807) is 32.9 Å². The summed E-state index contributed by atoms with van der Waals surface area (Å²) in [5, 5.41) is 7.70. The Bertz CT molecular complexity index is 590. The zero-order valence-corrected chi connectivity index (χ0v) is 10.9. The first kappa shape index (κ1) is 13.2. The predicted octanol–water partition coefficient (Wildman–Crippen LogP) is 2.28. The van der Waals surface area contributed by atoms with Gasteiger partial charge in [-0.1, -0.05) is 5.21 Å². The van der Waals surface area contributed by atoms with E-state index in [0.717, 1.165) is 0 Å². The van der Waals surface area contributed by atoms with Crippen LogP contribution in [0.2, 0.25) is 0 Å². The monoisotopic (exact) mass is 263 g/mol. The number of hydrogen-bond donors (Lipinski definition) is 0. The number of esters is 1. The van der Waals surface area contributed by atoms with Gasteiger partial charge in [0.05, 0.1) is 17.5 Å². The van der Waals surface area contributed by atoms with Crippen LogP contribution in [0.5, 0.6) is 0 Å². The molecule has 100 valence electrons. The Morgan fingerprint density at radius 3 is 2.53 bits per heavy atom. The predicted molar refractivity (Wildman–Crippen MR) is 66.6 cm³/mol. The van der Waals surface area contributed by atoms with Gasteiger partial charge < -0.3 is 4.74 Å². The molecule has 0 aliphatic rings. The zero-order chi connectivity index (χ0) is 14.0. The van der Waals surface area contributed by atoms with E-state index in [2.05, 4.69) is 10.3 Å². The summed E-state index contributed by atoms with van der Waals surface area (Å²) in [6.07, 6.45) is -0.220. The summed E-state index contributed by atoms with van der Waals surface area (Å²) in [6, 6.07) is 5.77. The molecule has 0 N–H and O–H groups in total. The summed E-state index contributed by atoms with van der Waals surface area (Å²) >= 11 is 0. The molecule has 2 aromatic rings. The number of carbonyl (C=O) groups excluding carboxylic acids is 1. The molecule has 0 fully saturated rings. The maximum Gasteiger partial charge on any atom is 0.361 e. The molecule has 0 atom stereocenters. The van der Waals surface area contributed by atoms with E-state index in [4.69, 9.17) is 4.74 Å². The van der Waals surface area contributed by atoms with Gasteiger partial charge in [-0.15, -0.1) is 5.10 Å². The lowest BCUT2D eigenvalue weighted by atomic mass is 10.3. The van der Waals surface area contributed by atoms with E-state index < -0.39 is 5.97 Å². The van der Waals surface area contributed by atoms with E-state index in [-0.39, 0.29) is 17.6 Å². The van der Waals surface area contributed by atoms with Gasteiger partial charge in [0.15, 0.2) is 5.69 Å². The first-order valence-corrected chi connectivity index (χ1v) is 5.88. The molecule has 0 aliphatic carbocycles. The SMILES string of the molecule is Cc1c(C(=O)OC(C)C)nnn1-c1ccc(F)cc1. The molecule has 5 nitrogen and oxygen atoms in total. The number of rotatable bonds is 3. The van der Waals surface area contributed by atoms with Crippen LogP contribution >= 0.6 is 0 Å². The molecule has 0 bridgehead atoms. The molecule has 2 rings (SSSR count). The minimum atomic E-state index is -0.513. The van der Waals surface area contributed by atoms with Crippen molar-refractivity contribution >= 4 is 5.97 Å². The van der Waals surface area contributed by atoms with Gasteiger partial charge in [-0.25, -0.2) is 13.9 Å². The summed E-state index contributed by atoms with van der Waals surface area (Å²) < 4.78 is 19.4. The number of ether oxygens (including phenoxy) is 1. The molecule has 0 unspecified atom stereocenters. The average molecular weight is 263 g/mol. The van der Waals surface area contributed by atoms with Crippen LogP contribution in [-0.2, 0) is 4.74 Å². The molecule has 0 saturated carbocycles. The van der Waals surface area contributed by atoms with Crippen LogP contribution < -0.4 is 0 Å². The van der Waals surface area contributed by atoms with Gasteiger partial charge in [-0.2, -0.15) is 0 Å². The number of aromatic nitrogens is 3. The molecular formula is C13H14FN3O2. The van der Waals surface area contributed by atoms with Crippen molar-refractivity contribution in [3.8, 4) is 5.69 Å². The fraction of sp³-hybridized carbons (Fsp3) is 0.308. The molecule has 1 heterocycles. The Labute approximate surface area is 110 Å². The summed E-state index contributed by atoms with van der Waals surface area (Å²) in [5.41, 5.74) is 1.35. The molecular weight excluding hydrogens is 249 g/mol. The highest BCUT2D eigenvalue weighted by Gasteiger charge is 2.19. The van der Waals surface area contributed by atoms with Gasteiger partial charge >= 0.3 is 5.97 Å². The summed E-state index contributed by atoms with van der Waals surface area (Å²) in [4.78, 5) is 11.8. The second kappa shape index (κ2) is 5.17. The Kier molecular flexibility index (Phi) is 3.59. The topological polar surface area (TPSA) is 57.0 Å².